The second-order valence-electron chi connectivity index (χ2n) is 7.87. The number of nitrogens with two attached hydrogens (primary N) is 1. The molecule has 0 radical (unpaired) electrons. The van der Waals surface area contributed by atoms with E-state index in [4.69, 9.17) is 24.7 Å². The molecule has 1 fully saturated rings. The quantitative estimate of drug-likeness (QED) is 0.203. The zero-order chi connectivity index (χ0) is 25.0. The fourth-order valence-corrected chi connectivity index (χ4v) is 3.69. The monoisotopic (exact) mass is 492 g/mol. The molecule has 4 N–H and O–H groups in total. The van der Waals surface area contributed by atoms with E-state index in [1.54, 1.807) is 18.2 Å². The summed E-state index contributed by atoms with van der Waals surface area (Å²) in [6.45, 7) is 4.77. The van der Waals surface area contributed by atoms with Gasteiger partial charge >= 0.3 is 0 Å². The molecule has 0 spiro atoms. The van der Waals surface area contributed by atoms with Crippen molar-refractivity contribution in [2.24, 2.45) is 5.73 Å². The van der Waals surface area contributed by atoms with Crippen LogP contribution in [0.15, 0.2) is 18.2 Å². The summed E-state index contributed by atoms with van der Waals surface area (Å²) in [6.07, 6.45) is 0.208. The van der Waals surface area contributed by atoms with E-state index >= 15 is 0 Å². The number of hydrogen-bond donors (Lipinski definition) is 3. The Kier molecular flexibility index (Phi) is 10.6. The van der Waals surface area contributed by atoms with Crippen LogP contribution in [0.2, 0.25) is 0 Å². The van der Waals surface area contributed by atoms with Gasteiger partial charge in [0.1, 0.15) is 6.04 Å². The molecule has 2 aliphatic heterocycles. The molecule has 12 nitrogen and oxygen atoms in total. The normalized spacial score (nSPS) is 17.6. The van der Waals surface area contributed by atoms with Crippen LogP contribution >= 0.6 is 0 Å². The number of fused-ring (bicyclic) bond motifs is 1. The Hall–Kier alpha value is -2.90. The van der Waals surface area contributed by atoms with E-state index in [9.17, 15) is 19.2 Å². The van der Waals surface area contributed by atoms with Crippen LogP contribution in [0.25, 0.3) is 0 Å². The van der Waals surface area contributed by atoms with Crippen LogP contribution in [0.4, 0.5) is 5.69 Å². The standard InChI is InChI=1S/C23H32N4O8/c24-5-7-32-9-11-34-13-14-35-12-10-33-8-6-25-16-1-2-17-18(15-16)23(31)27(22(17)30)19-3-4-20(28)26-21(19)29/h1-2,15,19,25H,3-14,24H2,(H,26,28,29). The number of carbonyl (C=O) groups is 4. The summed E-state index contributed by atoms with van der Waals surface area (Å²) in [7, 11) is 0. The van der Waals surface area contributed by atoms with Crippen molar-refractivity contribution in [2.75, 3.05) is 71.3 Å². The Morgan fingerprint density at radius 3 is 2.09 bits per heavy atom. The van der Waals surface area contributed by atoms with E-state index < -0.39 is 29.7 Å². The summed E-state index contributed by atoms with van der Waals surface area (Å²) in [6, 6.07) is 3.87. The van der Waals surface area contributed by atoms with Gasteiger partial charge in [-0.05, 0) is 24.6 Å². The van der Waals surface area contributed by atoms with Gasteiger partial charge in [-0.3, -0.25) is 29.4 Å². The number of anilines is 1. The number of hydrogen-bond acceptors (Lipinski definition) is 10. The number of amides is 4. The number of piperidine rings is 1. The maximum atomic E-state index is 12.8. The molecule has 35 heavy (non-hydrogen) atoms. The summed E-state index contributed by atoms with van der Waals surface area (Å²) in [5.74, 6) is -2.10. The Morgan fingerprint density at radius 2 is 1.46 bits per heavy atom. The number of nitrogens with one attached hydrogen (secondary N) is 2. The topological polar surface area (TPSA) is 159 Å². The third kappa shape index (κ3) is 7.54. The zero-order valence-corrected chi connectivity index (χ0v) is 19.6. The van der Waals surface area contributed by atoms with Gasteiger partial charge in [0.2, 0.25) is 11.8 Å². The van der Waals surface area contributed by atoms with Crippen molar-refractivity contribution in [1.82, 2.24) is 10.2 Å². The van der Waals surface area contributed by atoms with Gasteiger partial charge in [0.25, 0.3) is 11.8 Å². The first-order chi connectivity index (χ1) is 17.0. The van der Waals surface area contributed by atoms with Gasteiger partial charge in [-0.2, -0.15) is 0 Å². The molecule has 192 valence electrons. The van der Waals surface area contributed by atoms with Crippen LogP contribution in [-0.4, -0.2) is 101 Å². The van der Waals surface area contributed by atoms with E-state index in [0.29, 0.717) is 71.6 Å². The molecule has 1 atom stereocenters. The van der Waals surface area contributed by atoms with E-state index in [-0.39, 0.29) is 24.0 Å². The highest BCUT2D eigenvalue weighted by Gasteiger charge is 2.44. The fraction of sp³-hybridized carbons (Fsp3) is 0.565. The molecule has 2 aliphatic rings. The van der Waals surface area contributed by atoms with Crippen LogP contribution in [0.1, 0.15) is 33.6 Å². The van der Waals surface area contributed by atoms with Gasteiger partial charge in [0.05, 0.1) is 64.0 Å². The van der Waals surface area contributed by atoms with Crippen molar-refractivity contribution in [3.8, 4) is 0 Å². The molecule has 0 bridgehead atoms. The molecule has 1 aromatic rings. The molecular formula is C23H32N4O8. The third-order valence-electron chi connectivity index (χ3n) is 5.39. The van der Waals surface area contributed by atoms with E-state index in [1.165, 1.54) is 0 Å². The van der Waals surface area contributed by atoms with Gasteiger partial charge in [-0.25, -0.2) is 0 Å². The zero-order valence-electron chi connectivity index (χ0n) is 19.6. The van der Waals surface area contributed by atoms with E-state index in [0.717, 1.165) is 4.90 Å². The van der Waals surface area contributed by atoms with Crippen molar-refractivity contribution < 1.29 is 38.1 Å². The van der Waals surface area contributed by atoms with Crippen molar-refractivity contribution in [3.05, 3.63) is 29.3 Å². The SMILES string of the molecule is NCCOCCOCCOCCOCCNc1ccc2c(c1)C(=O)N(C1CCC(=O)NC1=O)C2=O. The molecule has 2 heterocycles. The minimum absolute atomic E-state index is 0.0838. The maximum Gasteiger partial charge on any atom is 0.262 e. The van der Waals surface area contributed by atoms with Crippen molar-refractivity contribution in [1.29, 1.82) is 0 Å². The Bertz CT molecular complexity index is 910. The number of carbonyl (C=O) groups excluding carboxylic acids is 4. The second kappa shape index (κ2) is 13.9. The molecule has 4 amide bonds. The average molecular weight is 493 g/mol. The van der Waals surface area contributed by atoms with Crippen LogP contribution in [0.3, 0.4) is 0 Å². The van der Waals surface area contributed by atoms with E-state index in [1.807, 2.05) is 0 Å². The molecule has 0 aliphatic carbocycles. The largest absolute Gasteiger partial charge is 0.383 e. The lowest BCUT2D eigenvalue weighted by atomic mass is 10.0. The number of benzene rings is 1. The molecule has 3 rings (SSSR count). The maximum absolute atomic E-state index is 12.8. The lowest BCUT2D eigenvalue weighted by molar-refractivity contribution is -0.136. The molecule has 0 aromatic heterocycles. The molecular weight excluding hydrogens is 460 g/mol. The van der Waals surface area contributed by atoms with Gasteiger partial charge in [-0.15, -0.1) is 0 Å². The van der Waals surface area contributed by atoms with Crippen LogP contribution < -0.4 is 16.4 Å². The second-order valence-corrected chi connectivity index (χ2v) is 7.87. The molecule has 1 saturated heterocycles. The molecule has 12 heteroatoms. The van der Waals surface area contributed by atoms with Gasteiger partial charge in [0, 0.05) is 25.2 Å². The Morgan fingerprint density at radius 1 is 0.857 bits per heavy atom. The molecule has 1 aromatic carbocycles. The first kappa shape index (κ1) is 26.7. The molecule has 1 unspecified atom stereocenters. The smallest absolute Gasteiger partial charge is 0.262 e. The van der Waals surface area contributed by atoms with Crippen molar-refractivity contribution in [3.63, 3.8) is 0 Å². The minimum atomic E-state index is -0.978. The van der Waals surface area contributed by atoms with Crippen molar-refractivity contribution in [2.45, 2.75) is 18.9 Å². The lowest BCUT2D eigenvalue weighted by Gasteiger charge is -2.27. The van der Waals surface area contributed by atoms with Crippen molar-refractivity contribution >= 4 is 29.3 Å². The highest BCUT2D eigenvalue weighted by Crippen LogP contribution is 2.29. The highest BCUT2D eigenvalue weighted by molar-refractivity contribution is 6.23. The fourth-order valence-electron chi connectivity index (χ4n) is 3.69. The Balaban J connectivity index is 1.31. The number of rotatable bonds is 16. The first-order valence-electron chi connectivity index (χ1n) is 11.6. The number of nitrogens with zero attached hydrogens (tertiary/aromatic N) is 1. The van der Waals surface area contributed by atoms with Gasteiger partial charge in [-0.1, -0.05) is 0 Å². The predicted molar refractivity (Wildman–Crippen MR) is 124 cm³/mol. The summed E-state index contributed by atoms with van der Waals surface area (Å²) >= 11 is 0. The Labute approximate surface area is 203 Å². The minimum Gasteiger partial charge on any atom is -0.383 e. The number of imide groups is 2. The summed E-state index contributed by atoms with van der Waals surface area (Å²) in [5, 5.41) is 5.33. The van der Waals surface area contributed by atoms with Crippen LogP contribution in [0, 0.1) is 0 Å². The average Bonchev–Trinajstić information content (AvgIpc) is 3.09. The highest BCUT2D eigenvalue weighted by atomic mass is 16.6. The first-order valence-corrected chi connectivity index (χ1v) is 11.6. The number of ether oxygens (including phenoxy) is 4. The van der Waals surface area contributed by atoms with E-state index in [2.05, 4.69) is 10.6 Å². The third-order valence-corrected chi connectivity index (χ3v) is 5.39. The van der Waals surface area contributed by atoms with Gasteiger partial charge in [0.15, 0.2) is 0 Å². The predicted octanol–water partition coefficient (Wildman–Crippen LogP) is -0.475. The molecule has 0 saturated carbocycles. The summed E-state index contributed by atoms with van der Waals surface area (Å²) in [5.41, 5.74) is 6.44. The summed E-state index contributed by atoms with van der Waals surface area (Å²) in [4.78, 5) is 50.0. The van der Waals surface area contributed by atoms with Gasteiger partial charge < -0.3 is 30.0 Å². The summed E-state index contributed by atoms with van der Waals surface area (Å²) < 4.78 is 21.5. The van der Waals surface area contributed by atoms with Crippen LogP contribution in [0.5, 0.6) is 0 Å². The van der Waals surface area contributed by atoms with Crippen LogP contribution in [-0.2, 0) is 28.5 Å². The lowest BCUT2D eigenvalue weighted by Crippen LogP contribution is -2.54.